The van der Waals surface area contributed by atoms with Gasteiger partial charge in [-0.15, -0.1) is 0 Å². The average molecular weight is 370 g/mol. The summed E-state index contributed by atoms with van der Waals surface area (Å²) in [6, 6.07) is 9.06. The van der Waals surface area contributed by atoms with Crippen molar-refractivity contribution in [3.05, 3.63) is 24.3 Å². The molecule has 4 rings (SSSR count). The minimum absolute atomic E-state index is 0.297. The van der Waals surface area contributed by atoms with Crippen molar-refractivity contribution in [1.82, 2.24) is 4.90 Å². The van der Waals surface area contributed by atoms with Crippen molar-refractivity contribution in [2.24, 2.45) is 21.5 Å². The van der Waals surface area contributed by atoms with Crippen molar-refractivity contribution in [3.63, 3.8) is 0 Å². The highest BCUT2D eigenvalue weighted by molar-refractivity contribution is 6.05. The van der Waals surface area contributed by atoms with Crippen LogP contribution in [0.15, 0.2) is 34.3 Å². The highest BCUT2D eigenvalue weighted by Crippen LogP contribution is 2.39. The van der Waals surface area contributed by atoms with Gasteiger partial charge in [0.2, 0.25) is 11.9 Å². The molecule has 2 aliphatic heterocycles. The fourth-order valence-electron chi connectivity index (χ4n) is 4.59. The number of aliphatic imine (C=N–C) groups is 2. The van der Waals surface area contributed by atoms with E-state index < -0.39 is 0 Å². The fourth-order valence-corrected chi connectivity index (χ4v) is 4.59. The topological polar surface area (TPSA) is 95.3 Å². The number of nitrogens with two attached hydrogens (primary N) is 2. The summed E-state index contributed by atoms with van der Waals surface area (Å²) < 4.78 is 0. The minimum atomic E-state index is -0.378. The van der Waals surface area contributed by atoms with Gasteiger partial charge < -0.3 is 21.7 Å². The molecule has 5 N–H and O–H groups in total. The van der Waals surface area contributed by atoms with Crippen LogP contribution in [-0.4, -0.2) is 48.7 Å². The second kappa shape index (κ2) is 7.38. The molecule has 1 aromatic rings. The predicted molar refractivity (Wildman–Crippen MR) is 112 cm³/mol. The maximum absolute atomic E-state index is 6.30. The first-order chi connectivity index (χ1) is 13.1. The molecule has 0 bridgehead atoms. The third-order valence-corrected chi connectivity index (χ3v) is 6.07. The zero-order valence-electron chi connectivity index (χ0n) is 16.2. The highest BCUT2D eigenvalue weighted by Gasteiger charge is 2.42. The van der Waals surface area contributed by atoms with E-state index in [1.54, 1.807) is 0 Å². The summed E-state index contributed by atoms with van der Waals surface area (Å²) in [4.78, 5) is 13.4. The number of hydrogen-bond acceptors (Lipinski definition) is 7. The quantitative estimate of drug-likeness (QED) is 0.760. The largest absolute Gasteiger partial charge is 0.382 e. The van der Waals surface area contributed by atoms with E-state index in [0.717, 1.165) is 50.1 Å². The Labute approximate surface area is 161 Å². The van der Waals surface area contributed by atoms with E-state index in [1.165, 1.54) is 19.3 Å². The molecule has 0 atom stereocenters. The first-order valence-corrected chi connectivity index (χ1v) is 10.1. The summed E-state index contributed by atoms with van der Waals surface area (Å²) in [5.74, 6) is 0.742. The zero-order chi connectivity index (χ0) is 18.9. The van der Waals surface area contributed by atoms with Crippen LogP contribution in [0.4, 0.5) is 11.4 Å². The van der Waals surface area contributed by atoms with Gasteiger partial charge in [0.05, 0.1) is 0 Å². The molecule has 2 fully saturated rings. The molecule has 0 aromatic heterocycles. The monoisotopic (exact) mass is 369 g/mol. The van der Waals surface area contributed by atoms with Crippen LogP contribution in [0.2, 0.25) is 0 Å². The number of hydrogen-bond donors (Lipinski definition) is 3. The molecule has 1 aliphatic carbocycles. The van der Waals surface area contributed by atoms with Crippen LogP contribution in [0, 0.1) is 0 Å². The van der Waals surface area contributed by atoms with Crippen LogP contribution in [0.3, 0.4) is 0 Å². The first-order valence-electron chi connectivity index (χ1n) is 10.1. The van der Waals surface area contributed by atoms with E-state index in [0.29, 0.717) is 18.0 Å². The van der Waals surface area contributed by atoms with Gasteiger partial charge in [-0.3, -0.25) is 4.90 Å². The van der Waals surface area contributed by atoms with Crippen molar-refractivity contribution in [3.8, 4) is 0 Å². The molecule has 1 spiro atoms. The van der Waals surface area contributed by atoms with Gasteiger partial charge in [-0.05, 0) is 82.9 Å². The number of rotatable bonds is 3. The lowest BCUT2D eigenvalue weighted by molar-refractivity contribution is 0.264. The van der Waals surface area contributed by atoms with Gasteiger partial charge in [0.25, 0.3) is 0 Å². The molecule has 1 saturated heterocycles. The van der Waals surface area contributed by atoms with Gasteiger partial charge in [-0.25, -0.2) is 4.99 Å². The second-order valence-electron chi connectivity index (χ2n) is 8.09. The first kappa shape index (κ1) is 18.1. The van der Waals surface area contributed by atoms with Gasteiger partial charge in [-0.1, -0.05) is 6.42 Å². The molecule has 7 nitrogen and oxygen atoms in total. The number of benzene rings is 1. The summed E-state index contributed by atoms with van der Waals surface area (Å²) in [7, 11) is 2.19. The molecule has 2 heterocycles. The third kappa shape index (κ3) is 3.74. The number of nitrogens with zero attached hydrogens (tertiary/aromatic N) is 4. The van der Waals surface area contributed by atoms with Crippen molar-refractivity contribution in [2.45, 2.75) is 56.7 Å². The summed E-state index contributed by atoms with van der Waals surface area (Å²) in [6.07, 6.45) is 7.79. The molecule has 7 heteroatoms. The Kier molecular flexibility index (Phi) is 4.95. The lowest BCUT2D eigenvalue weighted by Gasteiger charge is -2.45. The molecule has 1 aromatic carbocycles. The maximum atomic E-state index is 6.30. The Hall–Kier alpha value is -2.28. The molecular formula is C20H31N7. The average Bonchev–Trinajstić information content (AvgIpc) is 2.65. The van der Waals surface area contributed by atoms with Crippen molar-refractivity contribution in [1.29, 1.82) is 0 Å². The van der Waals surface area contributed by atoms with Crippen LogP contribution in [0.25, 0.3) is 0 Å². The van der Waals surface area contributed by atoms with Crippen LogP contribution >= 0.6 is 0 Å². The van der Waals surface area contributed by atoms with Crippen LogP contribution in [0.1, 0.15) is 44.9 Å². The normalized spacial score (nSPS) is 23.8. The van der Waals surface area contributed by atoms with E-state index in [1.807, 2.05) is 0 Å². The van der Waals surface area contributed by atoms with Crippen LogP contribution in [-0.2, 0) is 0 Å². The molecule has 146 valence electrons. The van der Waals surface area contributed by atoms with Gasteiger partial charge in [0.15, 0.2) is 0 Å². The minimum Gasteiger partial charge on any atom is -0.382 e. The van der Waals surface area contributed by atoms with Gasteiger partial charge in [0, 0.05) is 17.4 Å². The molecular weight excluding hydrogens is 338 g/mol. The van der Waals surface area contributed by atoms with E-state index in [-0.39, 0.29) is 5.66 Å². The Bertz CT molecular complexity index is 710. The van der Waals surface area contributed by atoms with E-state index in [2.05, 4.69) is 51.4 Å². The third-order valence-electron chi connectivity index (χ3n) is 6.07. The number of likely N-dealkylation sites (tertiary alicyclic amines) is 1. The summed E-state index contributed by atoms with van der Waals surface area (Å²) >= 11 is 0. The standard InChI is InChI=1S/C20H31N7/c1-26-13-9-16(10-14-26)23-15-5-7-17(8-6-15)27-19(22)24-18(21)25-20(27)11-3-2-4-12-20/h5-8,16,23H,2-4,9-14H2,1H3,(H4,21,22,24,25). The Balaban J connectivity index is 1.52. The van der Waals surface area contributed by atoms with E-state index >= 15 is 0 Å². The number of piperidine rings is 1. The number of guanidine groups is 2. The van der Waals surface area contributed by atoms with Crippen molar-refractivity contribution >= 4 is 23.3 Å². The Morgan fingerprint density at radius 1 is 1.04 bits per heavy atom. The maximum Gasteiger partial charge on any atom is 0.220 e. The predicted octanol–water partition coefficient (Wildman–Crippen LogP) is 2.30. The second-order valence-corrected chi connectivity index (χ2v) is 8.09. The summed E-state index contributed by atoms with van der Waals surface area (Å²) in [5, 5.41) is 3.67. The van der Waals surface area contributed by atoms with Crippen molar-refractivity contribution in [2.75, 3.05) is 30.4 Å². The van der Waals surface area contributed by atoms with Crippen molar-refractivity contribution < 1.29 is 0 Å². The molecule has 0 unspecified atom stereocenters. The van der Waals surface area contributed by atoms with Crippen LogP contribution in [0.5, 0.6) is 0 Å². The van der Waals surface area contributed by atoms with Gasteiger partial charge in [-0.2, -0.15) is 4.99 Å². The summed E-state index contributed by atoms with van der Waals surface area (Å²) in [5.41, 5.74) is 14.1. The SMILES string of the molecule is CN1CCC(Nc2ccc(N3C(N)=NC(N)=NC34CCCCC4)cc2)CC1. The van der Waals surface area contributed by atoms with Gasteiger partial charge >= 0.3 is 0 Å². The number of anilines is 2. The van der Waals surface area contributed by atoms with Gasteiger partial charge in [0.1, 0.15) is 5.66 Å². The van der Waals surface area contributed by atoms with Crippen LogP contribution < -0.4 is 21.7 Å². The molecule has 0 radical (unpaired) electrons. The number of nitrogens with one attached hydrogen (secondary N) is 1. The fraction of sp³-hybridized carbons (Fsp3) is 0.600. The highest BCUT2D eigenvalue weighted by atomic mass is 15.4. The molecule has 1 saturated carbocycles. The molecule has 3 aliphatic rings. The van der Waals surface area contributed by atoms with E-state index in [9.17, 15) is 0 Å². The molecule has 0 amide bonds. The smallest absolute Gasteiger partial charge is 0.220 e. The lowest BCUT2D eigenvalue weighted by Crippen LogP contribution is -2.58. The summed E-state index contributed by atoms with van der Waals surface area (Å²) in [6.45, 7) is 2.30. The lowest BCUT2D eigenvalue weighted by atomic mass is 9.87. The zero-order valence-corrected chi connectivity index (χ0v) is 16.2. The molecule has 27 heavy (non-hydrogen) atoms. The Morgan fingerprint density at radius 3 is 2.37 bits per heavy atom. The Morgan fingerprint density at radius 2 is 1.70 bits per heavy atom. The van der Waals surface area contributed by atoms with E-state index in [4.69, 9.17) is 16.5 Å².